The first-order chi connectivity index (χ1) is 14.5. The summed E-state index contributed by atoms with van der Waals surface area (Å²) in [5.41, 5.74) is 0.420. The summed E-state index contributed by atoms with van der Waals surface area (Å²) in [7, 11) is 1.79. The molecule has 2 aliphatic rings. The summed E-state index contributed by atoms with van der Waals surface area (Å²) in [4.78, 5) is 29.6. The molecule has 1 saturated heterocycles. The predicted octanol–water partition coefficient (Wildman–Crippen LogP) is 1.90. The molecular weight excluding hydrogens is 378 g/mol. The lowest BCUT2D eigenvalue weighted by molar-refractivity contribution is -0.131. The summed E-state index contributed by atoms with van der Waals surface area (Å²) in [6.45, 7) is 9.11. The molecule has 1 saturated carbocycles. The van der Waals surface area contributed by atoms with E-state index < -0.39 is 0 Å². The maximum absolute atomic E-state index is 12.6. The van der Waals surface area contributed by atoms with Crippen molar-refractivity contribution in [2.45, 2.75) is 46.0 Å². The molecular formula is C22H37N7O. The number of rotatable bonds is 8. The summed E-state index contributed by atoms with van der Waals surface area (Å²) in [6, 6.07) is 1.81. The van der Waals surface area contributed by atoms with Crippen LogP contribution in [0.3, 0.4) is 0 Å². The van der Waals surface area contributed by atoms with Crippen molar-refractivity contribution in [1.29, 1.82) is 0 Å². The summed E-state index contributed by atoms with van der Waals surface area (Å²) in [5.74, 6) is 2.43. The van der Waals surface area contributed by atoms with E-state index in [1.807, 2.05) is 11.0 Å². The molecule has 3 rings (SSSR count). The monoisotopic (exact) mass is 415 g/mol. The topological polar surface area (TPSA) is 85.8 Å². The molecule has 0 spiro atoms. The van der Waals surface area contributed by atoms with Crippen molar-refractivity contribution in [2.24, 2.45) is 16.3 Å². The Bertz CT molecular complexity index is 695. The van der Waals surface area contributed by atoms with Crippen LogP contribution in [0.4, 0.5) is 5.95 Å². The maximum Gasteiger partial charge on any atom is 0.225 e. The minimum atomic E-state index is 0.182. The minimum Gasteiger partial charge on any atom is -0.356 e. The van der Waals surface area contributed by atoms with Gasteiger partial charge in [0, 0.05) is 65.1 Å². The highest BCUT2D eigenvalue weighted by atomic mass is 16.2. The van der Waals surface area contributed by atoms with Crippen LogP contribution < -0.4 is 15.5 Å². The number of nitrogens with zero attached hydrogens (tertiary/aromatic N) is 5. The molecule has 166 valence electrons. The third-order valence-electron chi connectivity index (χ3n) is 6.21. The standard InChI is InChI=1S/C22H37N7O/c1-18(2)16-22(7-4-8-22)17-27-20(23-3)24-11-6-19(30)28-12-14-29(15-13-28)21-25-9-5-10-26-21/h5,9-10,18H,4,6-8,11-17H2,1-3H3,(H2,23,24,27). The molecule has 1 aromatic rings. The summed E-state index contributed by atoms with van der Waals surface area (Å²) in [5, 5.41) is 6.80. The number of aliphatic imine (C=N–C) groups is 1. The van der Waals surface area contributed by atoms with Crippen molar-refractivity contribution >= 4 is 17.8 Å². The Kier molecular flexibility index (Phi) is 7.87. The zero-order valence-corrected chi connectivity index (χ0v) is 18.7. The number of carbonyl (C=O) groups is 1. The molecule has 0 unspecified atom stereocenters. The number of hydrogen-bond donors (Lipinski definition) is 2. The molecule has 2 heterocycles. The van der Waals surface area contributed by atoms with Crippen molar-refractivity contribution in [3.63, 3.8) is 0 Å². The number of nitrogens with one attached hydrogen (secondary N) is 2. The number of aromatic nitrogens is 2. The average Bonchev–Trinajstić information content (AvgIpc) is 2.74. The SMILES string of the molecule is CN=C(NCCC(=O)N1CCN(c2ncccn2)CC1)NCC1(CC(C)C)CCC1. The van der Waals surface area contributed by atoms with Gasteiger partial charge in [0.05, 0.1) is 0 Å². The second-order valence-corrected chi connectivity index (χ2v) is 8.97. The number of carbonyl (C=O) groups excluding carboxylic acids is 1. The van der Waals surface area contributed by atoms with E-state index in [9.17, 15) is 4.79 Å². The Hall–Kier alpha value is -2.38. The van der Waals surface area contributed by atoms with Crippen molar-refractivity contribution in [3.05, 3.63) is 18.5 Å². The smallest absolute Gasteiger partial charge is 0.225 e. The first-order valence-electron chi connectivity index (χ1n) is 11.3. The molecule has 1 aliphatic carbocycles. The van der Waals surface area contributed by atoms with Gasteiger partial charge in [-0.1, -0.05) is 20.3 Å². The van der Waals surface area contributed by atoms with Gasteiger partial charge < -0.3 is 20.4 Å². The fourth-order valence-electron chi connectivity index (χ4n) is 4.54. The van der Waals surface area contributed by atoms with Crippen molar-refractivity contribution in [1.82, 2.24) is 25.5 Å². The largest absolute Gasteiger partial charge is 0.356 e. The van der Waals surface area contributed by atoms with Crippen LogP contribution in [0.25, 0.3) is 0 Å². The molecule has 8 nitrogen and oxygen atoms in total. The van der Waals surface area contributed by atoms with Gasteiger partial charge in [0.15, 0.2) is 5.96 Å². The molecule has 0 radical (unpaired) electrons. The zero-order valence-electron chi connectivity index (χ0n) is 18.7. The van der Waals surface area contributed by atoms with Crippen LogP contribution in [0.2, 0.25) is 0 Å². The number of anilines is 1. The van der Waals surface area contributed by atoms with E-state index in [-0.39, 0.29) is 5.91 Å². The van der Waals surface area contributed by atoms with E-state index in [1.54, 1.807) is 19.4 Å². The third-order valence-corrected chi connectivity index (χ3v) is 6.21. The van der Waals surface area contributed by atoms with Crippen LogP contribution in [0.1, 0.15) is 46.0 Å². The van der Waals surface area contributed by atoms with Crippen LogP contribution >= 0.6 is 0 Å². The lowest BCUT2D eigenvalue weighted by Gasteiger charge is -2.43. The lowest BCUT2D eigenvalue weighted by atomic mass is 9.64. The molecule has 0 atom stereocenters. The van der Waals surface area contributed by atoms with Crippen molar-refractivity contribution in [2.75, 3.05) is 51.2 Å². The predicted molar refractivity (Wildman–Crippen MR) is 121 cm³/mol. The van der Waals surface area contributed by atoms with Crippen LogP contribution in [-0.4, -0.2) is 73.1 Å². The summed E-state index contributed by atoms with van der Waals surface area (Å²) in [6.07, 6.45) is 9.17. The Morgan fingerprint density at radius 2 is 1.87 bits per heavy atom. The molecule has 8 heteroatoms. The van der Waals surface area contributed by atoms with Gasteiger partial charge >= 0.3 is 0 Å². The third kappa shape index (κ3) is 6.06. The Labute approximate surface area is 180 Å². The minimum absolute atomic E-state index is 0.182. The van der Waals surface area contributed by atoms with Gasteiger partial charge in [-0.15, -0.1) is 0 Å². The highest BCUT2D eigenvalue weighted by Gasteiger charge is 2.37. The lowest BCUT2D eigenvalue weighted by Crippen LogP contribution is -2.50. The van der Waals surface area contributed by atoms with E-state index in [2.05, 4.69) is 44.3 Å². The van der Waals surface area contributed by atoms with Gasteiger partial charge in [-0.2, -0.15) is 0 Å². The van der Waals surface area contributed by atoms with Gasteiger partial charge in [-0.25, -0.2) is 9.97 Å². The number of amides is 1. The second-order valence-electron chi connectivity index (χ2n) is 8.97. The fourth-order valence-corrected chi connectivity index (χ4v) is 4.54. The molecule has 1 amide bonds. The van der Waals surface area contributed by atoms with Crippen LogP contribution in [0, 0.1) is 11.3 Å². The molecule has 1 aliphatic heterocycles. The van der Waals surface area contributed by atoms with Crippen LogP contribution in [0.5, 0.6) is 0 Å². The molecule has 0 aromatic carbocycles. The van der Waals surface area contributed by atoms with E-state index in [0.29, 0.717) is 37.4 Å². The molecule has 1 aromatic heterocycles. The first kappa shape index (κ1) is 22.3. The van der Waals surface area contributed by atoms with Crippen LogP contribution in [0.15, 0.2) is 23.5 Å². The summed E-state index contributed by atoms with van der Waals surface area (Å²) < 4.78 is 0. The molecule has 2 N–H and O–H groups in total. The highest BCUT2D eigenvalue weighted by Crippen LogP contribution is 2.45. The van der Waals surface area contributed by atoms with E-state index >= 15 is 0 Å². The Balaban J connectivity index is 1.35. The molecule has 30 heavy (non-hydrogen) atoms. The number of hydrogen-bond acceptors (Lipinski definition) is 5. The number of guanidine groups is 1. The normalized spacial score (nSPS) is 18.9. The van der Waals surface area contributed by atoms with Gasteiger partial charge in [0.2, 0.25) is 11.9 Å². The van der Waals surface area contributed by atoms with E-state index in [1.165, 1.54) is 25.7 Å². The van der Waals surface area contributed by atoms with Gasteiger partial charge in [0.25, 0.3) is 0 Å². The molecule has 2 fully saturated rings. The van der Waals surface area contributed by atoms with Crippen LogP contribution in [-0.2, 0) is 4.79 Å². The average molecular weight is 416 g/mol. The highest BCUT2D eigenvalue weighted by molar-refractivity contribution is 5.81. The van der Waals surface area contributed by atoms with Gasteiger partial charge in [-0.05, 0) is 36.7 Å². The fraction of sp³-hybridized carbons (Fsp3) is 0.727. The zero-order chi connectivity index (χ0) is 21.4. The maximum atomic E-state index is 12.6. The van der Waals surface area contributed by atoms with Gasteiger partial charge in [-0.3, -0.25) is 9.79 Å². The van der Waals surface area contributed by atoms with E-state index in [0.717, 1.165) is 31.5 Å². The quantitative estimate of drug-likeness (QED) is 0.498. The van der Waals surface area contributed by atoms with Crippen molar-refractivity contribution in [3.8, 4) is 0 Å². The molecule has 0 bridgehead atoms. The second kappa shape index (κ2) is 10.6. The number of piperazine rings is 1. The summed E-state index contributed by atoms with van der Waals surface area (Å²) >= 11 is 0. The Morgan fingerprint density at radius 1 is 1.17 bits per heavy atom. The first-order valence-corrected chi connectivity index (χ1v) is 11.3. The Morgan fingerprint density at radius 3 is 2.43 bits per heavy atom. The van der Waals surface area contributed by atoms with Crippen molar-refractivity contribution < 1.29 is 4.79 Å². The van der Waals surface area contributed by atoms with Gasteiger partial charge in [0.1, 0.15) is 0 Å². The van der Waals surface area contributed by atoms with E-state index in [4.69, 9.17) is 0 Å².